The van der Waals surface area contributed by atoms with Crippen LogP contribution in [0.15, 0.2) is 0 Å². The fourth-order valence-corrected chi connectivity index (χ4v) is 1.22. The Balaban J connectivity index is 3.75. The maximum Gasteiger partial charge on any atom is 0.323 e. The Morgan fingerprint density at radius 3 is 2.57 bits per heavy atom. The van der Waals surface area contributed by atoms with Crippen LogP contribution in [0, 0.1) is 12.3 Å². The molecule has 14 heavy (non-hydrogen) atoms. The minimum atomic E-state index is -0.795. The lowest BCUT2D eigenvalue weighted by molar-refractivity contribution is -0.144. The first-order chi connectivity index (χ1) is 6.56. The number of hydrogen-bond acceptors (Lipinski definition) is 2. The molecule has 1 unspecified atom stereocenters. The van der Waals surface area contributed by atoms with Gasteiger partial charge in [-0.1, -0.05) is 12.8 Å². The van der Waals surface area contributed by atoms with Crippen LogP contribution >= 0.6 is 0 Å². The lowest BCUT2D eigenvalue weighted by atomic mass is 9.94. The number of likely N-dealkylation sites (N-methyl/N-ethyl adjacent to an activating group) is 1. The van der Waals surface area contributed by atoms with Crippen molar-refractivity contribution >= 4 is 5.97 Å². The molecule has 0 amide bonds. The Morgan fingerprint density at radius 2 is 2.14 bits per heavy atom. The minimum absolute atomic E-state index is 0.642. The molecule has 0 aliphatic carbocycles. The summed E-state index contributed by atoms with van der Waals surface area (Å²) in [5.74, 6) is 1.78. The maximum atomic E-state index is 10.9. The number of terminal acetylenes is 1. The number of nitrogens with one attached hydrogen (secondary N) is 1. The Kier molecular flexibility index (Phi) is 5.98. The monoisotopic (exact) mass is 197 g/mol. The zero-order chi connectivity index (χ0) is 11.0. The predicted octanol–water partition coefficient (Wildman–Crippen LogP) is 1.63. The van der Waals surface area contributed by atoms with E-state index in [1.165, 1.54) is 0 Å². The standard InChI is InChI=1S/C11H19NO2/c1-4-5-6-7-8-9-11(2,12-3)10(13)14/h1,12H,5-9H2,2-3H3,(H,13,14). The average molecular weight is 197 g/mol. The van der Waals surface area contributed by atoms with E-state index >= 15 is 0 Å². The number of rotatable bonds is 7. The van der Waals surface area contributed by atoms with Crippen LogP contribution in [0.2, 0.25) is 0 Å². The van der Waals surface area contributed by atoms with Gasteiger partial charge < -0.3 is 10.4 Å². The van der Waals surface area contributed by atoms with Gasteiger partial charge in [0.05, 0.1) is 0 Å². The molecule has 0 saturated carbocycles. The summed E-state index contributed by atoms with van der Waals surface area (Å²) in [6, 6.07) is 0. The highest BCUT2D eigenvalue weighted by atomic mass is 16.4. The third kappa shape index (κ3) is 4.29. The summed E-state index contributed by atoms with van der Waals surface area (Å²) in [6.45, 7) is 1.70. The van der Waals surface area contributed by atoms with Crippen molar-refractivity contribution in [2.75, 3.05) is 7.05 Å². The molecular formula is C11H19NO2. The molecule has 0 heterocycles. The van der Waals surface area contributed by atoms with Crippen molar-refractivity contribution in [1.82, 2.24) is 5.32 Å². The molecule has 0 spiro atoms. The van der Waals surface area contributed by atoms with Crippen molar-refractivity contribution in [3.8, 4) is 12.3 Å². The van der Waals surface area contributed by atoms with E-state index in [0.717, 1.165) is 25.7 Å². The van der Waals surface area contributed by atoms with E-state index in [0.29, 0.717) is 6.42 Å². The summed E-state index contributed by atoms with van der Waals surface area (Å²) in [7, 11) is 1.68. The van der Waals surface area contributed by atoms with E-state index in [2.05, 4.69) is 11.2 Å². The molecule has 0 saturated heterocycles. The Morgan fingerprint density at radius 1 is 1.50 bits per heavy atom. The fourth-order valence-electron chi connectivity index (χ4n) is 1.22. The van der Waals surface area contributed by atoms with Crippen molar-refractivity contribution in [2.45, 2.75) is 44.6 Å². The van der Waals surface area contributed by atoms with E-state index in [9.17, 15) is 4.79 Å². The molecule has 0 aromatic heterocycles. The van der Waals surface area contributed by atoms with Crippen LogP contribution < -0.4 is 5.32 Å². The molecule has 80 valence electrons. The quantitative estimate of drug-likeness (QED) is 0.482. The average Bonchev–Trinajstić information content (AvgIpc) is 2.17. The smallest absolute Gasteiger partial charge is 0.323 e. The van der Waals surface area contributed by atoms with Crippen LogP contribution in [0.1, 0.15) is 39.0 Å². The SMILES string of the molecule is C#CCCCCCC(C)(NC)C(=O)O. The number of carboxylic acids is 1. The summed E-state index contributed by atoms with van der Waals surface area (Å²) >= 11 is 0. The molecule has 3 nitrogen and oxygen atoms in total. The number of hydrogen-bond donors (Lipinski definition) is 2. The molecule has 0 fully saturated rings. The predicted molar refractivity (Wildman–Crippen MR) is 57.0 cm³/mol. The van der Waals surface area contributed by atoms with Crippen LogP contribution in [-0.2, 0) is 4.79 Å². The molecule has 0 bridgehead atoms. The summed E-state index contributed by atoms with van der Waals surface area (Å²) in [5.41, 5.74) is -0.795. The number of aliphatic carboxylic acids is 1. The van der Waals surface area contributed by atoms with Crippen LogP contribution in [0.4, 0.5) is 0 Å². The van der Waals surface area contributed by atoms with Crippen molar-refractivity contribution in [3.05, 3.63) is 0 Å². The van der Waals surface area contributed by atoms with Crippen LogP contribution in [0.5, 0.6) is 0 Å². The van der Waals surface area contributed by atoms with Crippen molar-refractivity contribution in [2.24, 2.45) is 0 Å². The third-order valence-corrected chi connectivity index (χ3v) is 2.52. The van der Waals surface area contributed by atoms with Crippen molar-refractivity contribution in [1.29, 1.82) is 0 Å². The third-order valence-electron chi connectivity index (χ3n) is 2.52. The molecule has 0 aromatic carbocycles. The van der Waals surface area contributed by atoms with Crippen molar-refractivity contribution < 1.29 is 9.90 Å². The molecule has 2 N–H and O–H groups in total. The van der Waals surface area contributed by atoms with Gasteiger partial charge in [-0.25, -0.2) is 0 Å². The first-order valence-electron chi connectivity index (χ1n) is 4.92. The Hall–Kier alpha value is -1.01. The molecule has 1 atom stereocenters. The summed E-state index contributed by atoms with van der Waals surface area (Å²) in [6.07, 6.45) is 9.41. The molecule has 0 radical (unpaired) electrons. The molecule has 3 heteroatoms. The van der Waals surface area contributed by atoms with Gasteiger partial charge in [0.1, 0.15) is 5.54 Å². The molecule has 0 aromatic rings. The topological polar surface area (TPSA) is 49.3 Å². The van der Waals surface area contributed by atoms with E-state index in [-0.39, 0.29) is 0 Å². The van der Waals surface area contributed by atoms with Gasteiger partial charge in [0.15, 0.2) is 0 Å². The van der Waals surface area contributed by atoms with Gasteiger partial charge in [0.25, 0.3) is 0 Å². The first-order valence-corrected chi connectivity index (χ1v) is 4.92. The number of unbranched alkanes of at least 4 members (excludes halogenated alkanes) is 3. The second-order valence-corrected chi connectivity index (χ2v) is 3.65. The number of carboxylic acid groups (broad SMARTS) is 1. The molecule has 0 aliphatic heterocycles. The largest absolute Gasteiger partial charge is 0.480 e. The van der Waals surface area contributed by atoms with Crippen LogP contribution in [-0.4, -0.2) is 23.7 Å². The normalized spacial score (nSPS) is 14.4. The highest BCUT2D eigenvalue weighted by Crippen LogP contribution is 2.15. The van der Waals surface area contributed by atoms with Crippen LogP contribution in [0.3, 0.4) is 0 Å². The zero-order valence-electron chi connectivity index (χ0n) is 8.97. The van der Waals surface area contributed by atoms with E-state index < -0.39 is 11.5 Å². The van der Waals surface area contributed by atoms with Gasteiger partial charge in [-0.2, -0.15) is 0 Å². The van der Waals surface area contributed by atoms with E-state index in [4.69, 9.17) is 11.5 Å². The van der Waals surface area contributed by atoms with E-state index in [1.54, 1.807) is 14.0 Å². The molecule has 0 aliphatic rings. The van der Waals surface area contributed by atoms with E-state index in [1.807, 2.05) is 0 Å². The van der Waals surface area contributed by atoms with Gasteiger partial charge in [-0.15, -0.1) is 12.3 Å². The van der Waals surface area contributed by atoms with Gasteiger partial charge in [-0.3, -0.25) is 4.79 Å². The molecular weight excluding hydrogens is 178 g/mol. The Labute approximate surface area is 85.9 Å². The Bertz CT molecular complexity index is 220. The highest BCUT2D eigenvalue weighted by Gasteiger charge is 2.29. The summed E-state index contributed by atoms with van der Waals surface area (Å²) in [4.78, 5) is 10.9. The fraction of sp³-hybridized carbons (Fsp3) is 0.727. The van der Waals surface area contributed by atoms with Crippen LogP contribution in [0.25, 0.3) is 0 Å². The second-order valence-electron chi connectivity index (χ2n) is 3.65. The molecule has 0 rings (SSSR count). The lowest BCUT2D eigenvalue weighted by Gasteiger charge is -2.23. The van der Waals surface area contributed by atoms with Crippen molar-refractivity contribution in [3.63, 3.8) is 0 Å². The van der Waals surface area contributed by atoms with Gasteiger partial charge in [0, 0.05) is 6.42 Å². The maximum absolute atomic E-state index is 10.9. The van der Waals surface area contributed by atoms with Gasteiger partial charge in [0.2, 0.25) is 0 Å². The number of carbonyl (C=O) groups is 1. The summed E-state index contributed by atoms with van der Waals surface area (Å²) < 4.78 is 0. The van der Waals surface area contributed by atoms with Gasteiger partial charge in [-0.05, 0) is 26.8 Å². The first kappa shape index (κ1) is 13.0. The lowest BCUT2D eigenvalue weighted by Crippen LogP contribution is -2.47. The minimum Gasteiger partial charge on any atom is -0.480 e. The van der Waals surface area contributed by atoms with Gasteiger partial charge >= 0.3 is 5.97 Å². The second kappa shape index (κ2) is 6.44. The highest BCUT2D eigenvalue weighted by molar-refractivity contribution is 5.78. The summed E-state index contributed by atoms with van der Waals surface area (Å²) in [5, 5.41) is 11.8. The zero-order valence-corrected chi connectivity index (χ0v) is 8.97.